The molecule has 27 heavy (non-hydrogen) atoms. The molecule has 1 heterocycles. The first-order chi connectivity index (χ1) is 13.0. The van der Waals surface area contributed by atoms with Crippen LogP contribution in [0.3, 0.4) is 0 Å². The van der Waals surface area contributed by atoms with E-state index in [0.717, 1.165) is 11.1 Å². The molecule has 0 aliphatic rings. The van der Waals surface area contributed by atoms with Crippen molar-refractivity contribution in [2.45, 2.75) is 0 Å². The zero-order valence-corrected chi connectivity index (χ0v) is 15.1. The number of para-hydroxylation sites is 2. The van der Waals surface area contributed by atoms with Gasteiger partial charge in [0.1, 0.15) is 5.69 Å². The molecule has 3 aromatic rings. The van der Waals surface area contributed by atoms with Crippen LogP contribution >= 0.6 is 0 Å². The molecule has 0 bridgehead atoms. The number of nitrogens with one attached hydrogen (secondary N) is 1. The van der Waals surface area contributed by atoms with E-state index in [1.165, 1.54) is 11.1 Å². The van der Waals surface area contributed by atoms with Crippen molar-refractivity contribution in [2.75, 3.05) is 20.6 Å². The van der Waals surface area contributed by atoms with E-state index in [4.69, 9.17) is 0 Å². The highest BCUT2D eigenvalue weighted by Gasteiger charge is 2.08. The summed E-state index contributed by atoms with van der Waals surface area (Å²) < 4.78 is 0. The lowest BCUT2D eigenvalue weighted by molar-refractivity contribution is 0.0827. The zero-order chi connectivity index (χ0) is 19.2. The second kappa shape index (κ2) is 8.11. The number of hydrogen-bond acceptors (Lipinski definition) is 4. The van der Waals surface area contributed by atoms with Gasteiger partial charge in [-0.2, -0.15) is 0 Å². The zero-order valence-electron chi connectivity index (χ0n) is 15.1. The van der Waals surface area contributed by atoms with E-state index in [9.17, 15) is 9.59 Å². The highest BCUT2D eigenvalue weighted by Crippen LogP contribution is 2.08. The molecule has 1 N–H and O–H groups in total. The van der Waals surface area contributed by atoms with E-state index in [0.29, 0.717) is 11.1 Å². The van der Waals surface area contributed by atoms with Gasteiger partial charge in [-0.15, -0.1) is 0 Å². The molecule has 6 nitrogen and oxygen atoms in total. The van der Waals surface area contributed by atoms with Crippen LogP contribution in [0.5, 0.6) is 0 Å². The molecule has 0 fully saturated rings. The maximum atomic E-state index is 12.2. The average Bonchev–Trinajstić information content (AvgIpc) is 2.70. The fraction of sp³-hybridized carbons (Fsp3) is 0.143. The lowest BCUT2D eigenvalue weighted by Crippen LogP contribution is -2.24. The van der Waals surface area contributed by atoms with E-state index in [2.05, 4.69) is 27.1 Å². The summed E-state index contributed by atoms with van der Waals surface area (Å²) in [5.74, 6) is 5.45. The minimum atomic E-state index is -0.325. The first kappa shape index (κ1) is 18.1. The first-order valence-electron chi connectivity index (χ1n) is 8.35. The van der Waals surface area contributed by atoms with Crippen LogP contribution in [-0.2, 0) is 0 Å². The first-order valence-corrected chi connectivity index (χ1v) is 8.35. The molecule has 2 aromatic carbocycles. The number of carbonyl (C=O) groups is 2. The maximum Gasteiger partial charge on any atom is 0.272 e. The molecule has 0 atom stereocenters. The predicted molar refractivity (Wildman–Crippen MR) is 103 cm³/mol. The third-order valence-corrected chi connectivity index (χ3v) is 3.79. The van der Waals surface area contributed by atoms with Crippen LogP contribution in [-0.4, -0.2) is 47.3 Å². The number of aromatic nitrogens is 2. The van der Waals surface area contributed by atoms with Gasteiger partial charge in [-0.05, 0) is 36.4 Å². The molecule has 3 rings (SSSR count). The van der Waals surface area contributed by atoms with Gasteiger partial charge in [0.15, 0.2) is 0 Å². The van der Waals surface area contributed by atoms with Crippen LogP contribution in [0.2, 0.25) is 0 Å². The van der Waals surface area contributed by atoms with Gasteiger partial charge >= 0.3 is 0 Å². The summed E-state index contributed by atoms with van der Waals surface area (Å²) in [5, 5.41) is 2.70. The van der Waals surface area contributed by atoms with Crippen LogP contribution in [0.25, 0.3) is 11.0 Å². The fourth-order valence-corrected chi connectivity index (χ4v) is 2.38. The van der Waals surface area contributed by atoms with Crippen molar-refractivity contribution in [2.24, 2.45) is 0 Å². The van der Waals surface area contributed by atoms with Gasteiger partial charge in [0, 0.05) is 25.2 Å². The highest BCUT2D eigenvalue weighted by molar-refractivity contribution is 5.94. The molecule has 0 aliphatic carbocycles. The van der Waals surface area contributed by atoms with E-state index in [-0.39, 0.29) is 24.1 Å². The van der Waals surface area contributed by atoms with Gasteiger partial charge < -0.3 is 10.2 Å². The Kier molecular flexibility index (Phi) is 5.43. The van der Waals surface area contributed by atoms with E-state index in [1.807, 2.05) is 24.3 Å². The lowest BCUT2D eigenvalue weighted by atomic mass is 10.1. The van der Waals surface area contributed by atoms with Crippen molar-refractivity contribution in [3.63, 3.8) is 0 Å². The van der Waals surface area contributed by atoms with Crippen molar-refractivity contribution < 1.29 is 9.59 Å². The number of rotatable bonds is 3. The predicted octanol–water partition coefficient (Wildman–Crippen LogP) is 2.11. The topological polar surface area (TPSA) is 75.2 Å². The molecular formula is C21H18N4O2. The Hall–Kier alpha value is -3.72. The van der Waals surface area contributed by atoms with Crippen molar-refractivity contribution in [3.8, 4) is 11.8 Å². The summed E-state index contributed by atoms with van der Waals surface area (Å²) in [6.07, 6.45) is 1.45. The van der Waals surface area contributed by atoms with Crippen LogP contribution in [0.4, 0.5) is 0 Å². The summed E-state index contributed by atoms with van der Waals surface area (Å²) >= 11 is 0. The van der Waals surface area contributed by atoms with Crippen LogP contribution in [0.15, 0.2) is 54.7 Å². The van der Waals surface area contributed by atoms with Crippen molar-refractivity contribution >= 4 is 22.8 Å². The monoisotopic (exact) mass is 358 g/mol. The Balaban J connectivity index is 1.59. The molecule has 1 aromatic heterocycles. The SMILES string of the molecule is CN(C)C(=O)c1ccc(C#CCNC(=O)c2cnc3ccccc3n2)cc1. The lowest BCUT2D eigenvalue weighted by Gasteiger charge is -2.09. The molecule has 134 valence electrons. The van der Waals surface area contributed by atoms with Gasteiger partial charge in [-0.1, -0.05) is 24.0 Å². The van der Waals surface area contributed by atoms with E-state index < -0.39 is 0 Å². The number of nitrogens with zero attached hydrogens (tertiary/aromatic N) is 3. The molecule has 6 heteroatoms. The second-order valence-electron chi connectivity index (χ2n) is 6.01. The summed E-state index contributed by atoms with van der Waals surface area (Å²) in [6.45, 7) is 0.186. The third-order valence-electron chi connectivity index (χ3n) is 3.79. The minimum absolute atomic E-state index is 0.0572. The van der Waals surface area contributed by atoms with Crippen LogP contribution in [0.1, 0.15) is 26.4 Å². The normalized spacial score (nSPS) is 10.0. The van der Waals surface area contributed by atoms with E-state index >= 15 is 0 Å². The smallest absolute Gasteiger partial charge is 0.272 e. The molecular weight excluding hydrogens is 340 g/mol. The van der Waals surface area contributed by atoms with Crippen LogP contribution < -0.4 is 5.32 Å². The minimum Gasteiger partial charge on any atom is -0.345 e. The Morgan fingerprint density at radius 2 is 1.74 bits per heavy atom. The van der Waals surface area contributed by atoms with Gasteiger partial charge in [0.05, 0.1) is 23.8 Å². The Morgan fingerprint density at radius 1 is 1.04 bits per heavy atom. The number of benzene rings is 2. The molecule has 2 amide bonds. The van der Waals surface area contributed by atoms with Crippen molar-refractivity contribution in [1.82, 2.24) is 20.2 Å². The van der Waals surface area contributed by atoms with Crippen molar-refractivity contribution in [1.29, 1.82) is 0 Å². The fourth-order valence-electron chi connectivity index (χ4n) is 2.38. The average molecular weight is 358 g/mol. The molecule has 0 saturated carbocycles. The summed E-state index contributed by atoms with van der Waals surface area (Å²) in [4.78, 5) is 34.0. The Morgan fingerprint density at radius 3 is 2.44 bits per heavy atom. The number of hydrogen-bond donors (Lipinski definition) is 1. The second-order valence-corrected chi connectivity index (χ2v) is 6.01. The standard InChI is InChI=1S/C21H18N4O2/c1-25(2)21(27)16-11-9-15(10-12-16)6-5-13-22-20(26)19-14-23-17-7-3-4-8-18(17)24-19/h3-4,7-12,14H,13H2,1-2H3,(H,22,26). The number of carbonyl (C=O) groups excluding carboxylic acids is 2. The van der Waals surface area contributed by atoms with Gasteiger partial charge in [-0.25, -0.2) is 4.98 Å². The van der Waals surface area contributed by atoms with Gasteiger partial charge in [0.25, 0.3) is 11.8 Å². The largest absolute Gasteiger partial charge is 0.345 e. The quantitative estimate of drug-likeness (QED) is 0.728. The van der Waals surface area contributed by atoms with Crippen LogP contribution in [0, 0.1) is 11.8 Å². The Labute approximate surface area is 157 Å². The van der Waals surface area contributed by atoms with Crippen molar-refractivity contribution in [3.05, 3.63) is 71.5 Å². The van der Waals surface area contributed by atoms with Gasteiger partial charge in [-0.3, -0.25) is 14.6 Å². The van der Waals surface area contributed by atoms with Gasteiger partial charge in [0.2, 0.25) is 0 Å². The maximum absolute atomic E-state index is 12.2. The number of fused-ring (bicyclic) bond motifs is 1. The van der Waals surface area contributed by atoms with E-state index in [1.54, 1.807) is 38.4 Å². The summed E-state index contributed by atoms with van der Waals surface area (Å²) in [6, 6.07) is 14.4. The Bertz CT molecular complexity index is 1050. The molecule has 0 aliphatic heterocycles. The molecule has 0 saturated heterocycles. The molecule has 0 unspecified atom stereocenters. The highest BCUT2D eigenvalue weighted by atomic mass is 16.2. The summed E-state index contributed by atoms with van der Waals surface area (Å²) in [7, 11) is 3.41. The number of amides is 2. The summed E-state index contributed by atoms with van der Waals surface area (Å²) in [5.41, 5.74) is 3.04. The molecule has 0 radical (unpaired) electrons. The third kappa shape index (κ3) is 4.47. The molecule has 0 spiro atoms.